The first-order valence-electron chi connectivity index (χ1n) is 2.97. The first-order chi connectivity index (χ1) is 4.84. The molecule has 0 aliphatic carbocycles. The Kier molecular flexibility index (Phi) is 2.51. The van der Waals surface area contributed by atoms with E-state index in [2.05, 4.69) is 15.9 Å². The lowest BCUT2D eigenvalue weighted by molar-refractivity contribution is 1.57. The third kappa shape index (κ3) is 1.61. The average Bonchev–Trinajstić information content (AvgIpc) is 1.94. The molecular formula is C8H8BrN. The Balaban J connectivity index is 3.03. The van der Waals surface area contributed by atoms with Crippen LogP contribution in [0.2, 0.25) is 0 Å². The Labute approximate surface area is 68.7 Å². The van der Waals surface area contributed by atoms with E-state index < -0.39 is 0 Å². The summed E-state index contributed by atoms with van der Waals surface area (Å²) < 4.78 is 1.07. The molecule has 52 valence electrons. The Morgan fingerprint density at radius 2 is 2.00 bits per heavy atom. The largest absolute Gasteiger partial charge is 0.405 e. The van der Waals surface area contributed by atoms with E-state index in [9.17, 15) is 0 Å². The first kappa shape index (κ1) is 7.35. The van der Waals surface area contributed by atoms with Gasteiger partial charge in [0, 0.05) is 4.47 Å². The molecule has 0 saturated carbocycles. The molecular weight excluding hydrogens is 190 g/mol. The van der Waals surface area contributed by atoms with Gasteiger partial charge >= 0.3 is 0 Å². The van der Waals surface area contributed by atoms with Gasteiger partial charge in [0.1, 0.15) is 0 Å². The summed E-state index contributed by atoms with van der Waals surface area (Å²) in [6.45, 7) is 0. The van der Waals surface area contributed by atoms with Crippen molar-refractivity contribution in [2.24, 2.45) is 5.73 Å². The maximum Gasteiger partial charge on any atom is 0.0248 e. The number of hydrogen-bond donors (Lipinski definition) is 1. The number of nitrogens with two attached hydrogens (primary N) is 1. The fraction of sp³-hybridized carbons (Fsp3) is 0. The molecule has 0 aliphatic rings. The summed E-state index contributed by atoms with van der Waals surface area (Å²) in [5, 5.41) is 0. The second-order valence-electron chi connectivity index (χ2n) is 1.88. The van der Waals surface area contributed by atoms with Gasteiger partial charge in [0.15, 0.2) is 0 Å². The summed E-state index contributed by atoms with van der Waals surface area (Å²) in [6.07, 6.45) is 3.38. The van der Waals surface area contributed by atoms with Crippen LogP contribution in [0, 0.1) is 0 Å². The molecule has 0 atom stereocenters. The van der Waals surface area contributed by atoms with Gasteiger partial charge in [-0.3, -0.25) is 0 Å². The Morgan fingerprint density at radius 1 is 1.30 bits per heavy atom. The van der Waals surface area contributed by atoms with Gasteiger partial charge in [-0.05, 0) is 23.9 Å². The van der Waals surface area contributed by atoms with Crippen LogP contribution in [0.4, 0.5) is 0 Å². The molecule has 0 amide bonds. The SMILES string of the molecule is NC=Cc1ccccc1Br. The summed E-state index contributed by atoms with van der Waals surface area (Å²) >= 11 is 3.39. The molecule has 10 heavy (non-hydrogen) atoms. The van der Waals surface area contributed by atoms with E-state index >= 15 is 0 Å². The number of benzene rings is 1. The quantitative estimate of drug-likeness (QED) is 0.736. The highest BCUT2D eigenvalue weighted by molar-refractivity contribution is 9.10. The maximum atomic E-state index is 5.23. The highest BCUT2D eigenvalue weighted by atomic mass is 79.9. The molecule has 1 nitrogen and oxygen atoms in total. The topological polar surface area (TPSA) is 26.0 Å². The van der Waals surface area contributed by atoms with Crippen molar-refractivity contribution in [2.75, 3.05) is 0 Å². The van der Waals surface area contributed by atoms with E-state index in [1.807, 2.05) is 30.3 Å². The molecule has 0 spiro atoms. The van der Waals surface area contributed by atoms with Crippen molar-refractivity contribution < 1.29 is 0 Å². The van der Waals surface area contributed by atoms with Crippen molar-refractivity contribution in [2.45, 2.75) is 0 Å². The van der Waals surface area contributed by atoms with Gasteiger partial charge < -0.3 is 5.73 Å². The Morgan fingerprint density at radius 3 is 2.60 bits per heavy atom. The van der Waals surface area contributed by atoms with Crippen molar-refractivity contribution in [3.05, 3.63) is 40.5 Å². The van der Waals surface area contributed by atoms with Crippen LogP contribution in [-0.2, 0) is 0 Å². The monoisotopic (exact) mass is 197 g/mol. The predicted octanol–water partition coefficient (Wildman–Crippen LogP) is 2.38. The second-order valence-corrected chi connectivity index (χ2v) is 2.73. The molecule has 0 bridgehead atoms. The van der Waals surface area contributed by atoms with Gasteiger partial charge in [-0.15, -0.1) is 0 Å². The van der Waals surface area contributed by atoms with Gasteiger partial charge in [-0.25, -0.2) is 0 Å². The molecule has 0 heterocycles. The zero-order chi connectivity index (χ0) is 7.40. The normalized spacial score (nSPS) is 10.5. The van der Waals surface area contributed by atoms with Crippen LogP contribution in [0.1, 0.15) is 5.56 Å². The first-order valence-corrected chi connectivity index (χ1v) is 3.76. The van der Waals surface area contributed by atoms with Crippen LogP contribution < -0.4 is 5.73 Å². The van der Waals surface area contributed by atoms with Gasteiger partial charge in [-0.2, -0.15) is 0 Å². The smallest absolute Gasteiger partial charge is 0.0248 e. The summed E-state index contributed by atoms with van der Waals surface area (Å²) in [7, 11) is 0. The van der Waals surface area contributed by atoms with Crippen molar-refractivity contribution in [1.29, 1.82) is 0 Å². The summed E-state index contributed by atoms with van der Waals surface area (Å²) in [6, 6.07) is 7.92. The van der Waals surface area contributed by atoms with Crippen LogP contribution in [0.5, 0.6) is 0 Å². The van der Waals surface area contributed by atoms with Crippen LogP contribution in [0.15, 0.2) is 34.9 Å². The van der Waals surface area contributed by atoms with Crippen molar-refractivity contribution in [1.82, 2.24) is 0 Å². The lowest BCUT2D eigenvalue weighted by Gasteiger charge is -1.94. The molecule has 1 rings (SSSR count). The third-order valence-corrected chi connectivity index (χ3v) is 1.90. The highest BCUT2D eigenvalue weighted by Crippen LogP contribution is 2.16. The van der Waals surface area contributed by atoms with Gasteiger partial charge in [0.2, 0.25) is 0 Å². The van der Waals surface area contributed by atoms with E-state index in [1.54, 1.807) is 0 Å². The van der Waals surface area contributed by atoms with Crippen molar-refractivity contribution in [3.8, 4) is 0 Å². The third-order valence-electron chi connectivity index (χ3n) is 1.18. The van der Waals surface area contributed by atoms with Crippen molar-refractivity contribution in [3.63, 3.8) is 0 Å². The molecule has 2 heteroatoms. The van der Waals surface area contributed by atoms with Crippen molar-refractivity contribution >= 4 is 22.0 Å². The van der Waals surface area contributed by atoms with Gasteiger partial charge in [0.25, 0.3) is 0 Å². The van der Waals surface area contributed by atoms with Crippen LogP contribution >= 0.6 is 15.9 Å². The molecule has 0 fully saturated rings. The van der Waals surface area contributed by atoms with E-state index in [4.69, 9.17) is 5.73 Å². The minimum Gasteiger partial charge on any atom is -0.405 e. The Hall–Kier alpha value is -0.760. The number of rotatable bonds is 1. The molecule has 0 aromatic heterocycles. The fourth-order valence-corrected chi connectivity index (χ4v) is 1.13. The van der Waals surface area contributed by atoms with Crippen LogP contribution in [-0.4, -0.2) is 0 Å². The molecule has 0 unspecified atom stereocenters. The maximum absolute atomic E-state index is 5.23. The predicted molar refractivity (Wildman–Crippen MR) is 47.4 cm³/mol. The molecule has 0 saturated heterocycles. The molecule has 1 aromatic carbocycles. The van der Waals surface area contributed by atoms with E-state index in [-0.39, 0.29) is 0 Å². The zero-order valence-corrected chi connectivity index (χ0v) is 7.01. The van der Waals surface area contributed by atoms with E-state index in [0.29, 0.717) is 0 Å². The minimum absolute atomic E-state index is 1.07. The molecule has 0 radical (unpaired) electrons. The Bertz CT molecular complexity index is 243. The number of halogens is 1. The van der Waals surface area contributed by atoms with Crippen LogP contribution in [0.25, 0.3) is 6.08 Å². The highest BCUT2D eigenvalue weighted by Gasteiger charge is 1.90. The van der Waals surface area contributed by atoms with Gasteiger partial charge in [-0.1, -0.05) is 34.1 Å². The molecule has 0 aliphatic heterocycles. The summed E-state index contributed by atoms with van der Waals surface area (Å²) in [4.78, 5) is 0. The summed E-state index contributed by atoms with van der Waals surface area (Å²) in [5.74, 6) is 0. The second kappa shape index (κ2) is 3.42. The fourth-order valence-electron chi connectivity index (χ4n) is 0.714. The summed E-state index contributed by atoms with van der Waals surface area (Å²) in [5.41, 5.74) is 6.33. The zero-order valence-electron chi connectivity index (χ0n) is 5.42. The lowest BCUT2D eigenvalue weighted by Crippen LogP contribution is -1.78. The minimum atomic E-state index is 1.07. The van der Waals surface area contributed by atoms with E-state index in [0.717, 1.165) is 10.0 Å². The molecule has 1 aromatic rings. The molecule has 2 N–H and O–H groups in total. The lowest BCUT2D eigenvalue weighted by atomic mass is 10.2. The van der Waals surface area contributed by atoms with Crippen LogP contribution in [0.3, 0.4) is 0 Å². The van der Waals surface area contributed by atoms with E-state index in [1.165, 1.54) is 6.20 Å². The van der Waals surface area contributed by atoms with Gasteiger partial charge in [0.05, 0.1) is 0 Å². The standard InChI is InChI=1S/C8H8BrN/c9-8-4-2-1-3-7(8)5-6-10/h1-6H,10H2. The number of hydrogen-bond acceptors (Lipinski definition) is 1. The average molecular weight is 198 g/mol.